The van der Waals surface area contributed by atoms with E-state index < -0.39 is 17.3 Å². The van der Waals surface area contributed by atoms with E-state index in [1.54, 1.807) is 13.0 Å². The zero-order valence-electron chi connectivity index (χ0n) is 15.7. The molecule has 1 aromatic carbocycles. The van der Waals surface area contributed by atoms with Gasteiger partial charge in [0.1, 0.15) is 23.2 Å². The number of rotatable bonds is 4. The maximum atomic E-state index is 10.8. The average Bonchev–Trinajstić information content (AvgIpc) is 2.50. The Morgan fingerprint density at radius 1 is 1.20 bits per heavy atom. The number of phenolic OH excluding ortho intramolecular Hbond substituents is 1. The Bertz CT molecular complexity index is 700. The predicted molar refractivity (Wildman–Crippen MR) is 98.8 cm³/mol. The zero-order chi connectivity index (χ0) is 18.4. The lowest BCUT2D eigenvalue weighted by Crippen LogP contribution is -2.48. The van der Waals surface area contributed by atoms with Gasteiger partial charge in [0.2, 0.25) is 0 Å². The summed E-state index contributed by atoms with van der Waals surface area (Å²) in [6.45, 7) is 7.79. The minimum atomic E-state index is -1.20. The molecule has 2 aliphatic rings. The summed E-state index contributed by atoms with van der Waals surface area (Å²) in [7, 11) is 0. The minimum absolute atomic E-state index is 0.128. The number of aromatic hydroxyl groups is 1. The van der Waals surface area contributed by atoms with Crippen LogP contribution in [0.15, 0.2) is 17.7 Å². The van der Waals surface area contributed by atoms with Crippen LogP contribution in [0, 0.1) is 0 Å². The van der Waals surface area contributed by atoms with Gasteiger partial charge in [0.25, 0.3) is 0 Å². The van der Waals surface area contributed by atoms with Crippen LogP contribution in [0.5, 0.6) is 11.5 Å². The molecule has 0 bridgehead atoms. The molecule has 0 radical (unpaired) electrons. The highest BCUT2D eigenvalue weighted by atomic mass is 16.5. The molecule has 1 aliphatic heterocycles. The van der Waals surface area contributed by atoms with Gasteiger partial charge in [0, 0.05) is 5.57 Å². The van der Waals surface area contributed by atoms with Gasteiger partial charge in [-0.1, -0.05) is 19.8 Å². The first-order chi connectivity index (χ1) is 11.7. The largest absolute Gasteiger partial charge is 0.507 e. The Morgan fingerprint density at radius 3 is 2.60 bits per heavy atom. The van der Waals surface area contributed by atoms with Gasteiger partial charge in [-0.15, -0.1) is 0 Å². The van der Waals surface area contributed by atoms with E-state index in [1.165, 1.54) is 0 Å². The Labute approximate surface area is 150 Å². The molecule has 0 fully saturated rings. The number of ether oxygens (including phenoxy) is 1. The fourth-order valence-electron chi connectivity index (χ4n) is 4.11. The van der Waals surface area contributed by atoms with Crippen LogP contribution in [0.25, 0.3) is 5.57 Å². The SMILES string of the molecule is CCCCCc1cc(O)c2c(c1)OC(C)(C)C1=C2[C@H](O)[C@@](C)(O)CC1. The molecule has 1 heterocycles. The van der Waals surface area contributed by atoms with E-state index in [2.05, 4.69) is 6.92 Å². The third-order valence-corrected chi connectivity index (χ3v) is 5.64. The molecule has 4 heteroatoms. The second kappa shape index (κ2) is 6.33. The van der Waals surface area contributed by atoms with E-state index in [9.17, 15) is 15.3 Å². The molecule has 4 nitrogen and oxygen atoms in total. The van der Waals surface area contributed by atoms with Crippen molar-refractivity contribution >= 4 is 5.57 Å². The molecule has 25 heavy (non-hydrogen) atoms. The van der Waals surface area contributed by atoms with Crippen LogP contribution in [-0.4, -0.2) is 32.6 Å². The zero-order valence-corrected chi connectivity index (χ0v) is 15.7. The number of aliphatic hydroxyl groups excluding tert-OH is 1. The summed E-state index contributed by atoms with van der Waals surface area (Å²) in [5.74, 6) is 0.732. The van der Waals surface area contributed by atoms with E-state index >= 15 is 0 Å². The van der Waals surface area contributed by atoms with E-state index in [4.69, 9.17) is 4.74 Å². The van der Waals surface area contributed by atoms with Crippen LogP contribution >= 0.6 is 0 Å². The third-order valence-electron chi connectivity index (χ3n) is 5.64. The Kier molecular flexibility index (Phi) is 4.63. The Hall–Kier alpha value is -1.52. The first-order valence-electron chi connectivity index (χ1n) is 9.36. The summed E-state index contributed by atoms with van der Waals surface area (Å²) in [6, 6.07) is 3.75. The van der Waals surface area contributed by atoms with E-state index in [-0.39, 0.29) is 5.75 Å². The van der Waals surface area contributed by atoms with Crippen LogP contribution in [-0.2, 0) is 6.42 Å². The number of unbranched alkanes of at least 4 members (excludes halogenated alkanes) is 2. The normalized spacial score (nSPS) is 27.5. The summed E-state index contributed by atoms with van der Waals surface area (Å²) in [6.07, 6.45) is 4.36. The fraction of sp³-hybridized carbons (Fsp3) is 0.619. The molecule has 0 unspecified atom stereocenters. The molecular formula is C21H30O4. The summed E-state index contributed by atoms with van der Waals surface area (Å²) in [5.41, 5.74) is 1.43. The molecule has 1 aromatic rings. The van der Waals surface area contributed by atoms with Crippen molar-refractivity contribution in [3.8, 4) is 11.5 Å². The third kappa shape index (κ3) is 3.18. The number of aryl methyl sites for hydroxylation is 1. The number of aliphatic hydroxyl groups is 2. The lowest BCUT2D eigenvalue weighted by Gasteiger charge is -2.45. The standard InChI is InChI=1S/C21H30O4/c1-5-6-7-8-13-11-15(22)18-16(12-13)25-20(2,3)14-9-10-21(4,24)19(23)17(14)18/h11-12,19,22-24H,5-10H2,1-4H3/t19-,21-/m0/s1. The number of hydrogen-bond donors (Lipinski definition) is 3. The first-order valence-corrected chi connectivity index (χ1v) is 9.36. The average molecular weight is 346 g/mol. The highest BCUT2D eigenvalue weighted by Gasteiger charge is 2.47. The van der Waals surface area contributed by atoms with Gasteiger partial charge in [0.15, 0.2) is 0 Å². The van der Waals surface area contributed by atoms with E-state index in [1.807, 2.05) is 19.9 Å². The fourth-order valence-corrected chi connectivity index (χ4v) is 4.11. The molecule has 0 saturated carbocycles. The summed E-state index contributed by atoms with van der Waals surface area (Å²) >= 11 is 0. The summed E-state index contributed by atoms with van der Waals surface area (Å²) in [4.78, 5) is 0. The molecule has 3 N–H and O–H groups in total. The molecule has 2 atom stereocenters. The molecule has 138 valence electrons. The van der Waals surface area contributed by atoms with Crippen LogP contribution in [0.3, 0.4) is 0 Å². The lowest BCUT2D eigenvalue weighted by atomic mass is 9.70. The maximum absolute atomic E-state index is 10.8. The highest BCUT2D eigenvalue weighted by Crippen LogP contribution is 2.52. The quantitative estimate of drug-likeness (QED) is 0.722. The van der Waals surface area contributed by atoms with Crippen molar-refractivity contribution in [2.75, 3.05) is 0 Å². The monoisotopic (exact) mass is 346 g/mol. The van der Waals surface area contributed by atoms with Gasteiger partial charge >= 0.3 is 0 Å². The summed E-state index contributed by atoms with van der Waals surface area (Å²) < 4.78 is 6.22. The molecule has 0 spiro atoms. The van der Waals surface area contributed by atoms with Gasteiger partial charge in [-0.2, -0.15) is 0 Å². The van der Waals surface area contributed by atoms with Gasteiger partial charge < -0.3 is 20.1 Å². The minimum Gasteiger partial charge on any atom is -0.507 e. The second-order valence-electron chi connectivity index (χ2n) is 8.21. The second-order valence-corrected chi connectivity index (χ2v) is 8.21. The molecule has 0 saturated heterocycles. The van der Waals surface area contributed by atoms with Crippen molar-refractivity contribution in [2.24, 2.45) is 0 Å². The van der Waals surface area contributed by atoms with Crippen LogP contribution in [0.2, 0.25) is 0 Å². The number of phenols is 1. The first kappa shape index (κ1) is 18.3. The smallest absolute Gasteiger partial charge is 0.132 e. The number of hydrogen-bond acceptors (Lipinski definition) is 4. The van der Waals surface area contributed by atoms with Crippen molar-refractivity contribution < 1.29 is 20.1 Å². The van der Waals surface area contributed by atoms with Crippen molar-refractivity contribution in [2.45, 2.75) is 83.5 Å². The van der Waals surface area contributed by atoms with Crippen molar-refractivity contribution in [1.29, 1.82) is 0 Å². The van der Waals surface area contributed by atoms with Gasteiger partial charge in [-0.3, -0.25) is 0 Å². The maximum Gasteiger partial charge on any atom is 0.132 e. The van der Waals surface area contributed by atoms with Crippen LogP contribution in [0.4, 0.5) is 0 Å². The van der Waals surface area contributed by atoms with Gasteiger partial charge in [-0.25, -0.2) is 0 Å². The molecule has 0 aromatic heterocycles. The molecule has 0 amide bonds. The van der Waals surface area contributed by atoms with E-state index in [0.29, 0.717) is 29.7 Å². The Morgan fingerprint density at radius 2 is 1.92 bits per heavy atom. The Balaban J connectivity index is 2.09. The van der Waals surface area contributed by atoms with Crippen LogP contribution < -0.4 is 4.74 Å². The molecule has 1 aliphatic carbocycles. The van der Waals surface area contributed by atoms with Crippen molar-refractivity contribution in [3.05, 3.63) is 28.8 Å². The molecule has 3 rings (SSSR count). The number of fused-ring (bicyclic) bond motifs is 2. The van der Waals surface area contributed by atoms with Gasteiger partial charge in [-0.05, 0) is 69.7 Å². The lowest BCUT2D eigenvalue weighted by molar-refractivity contribution is -0.0476. The number of benzene rings is 1. The van der Waals surface area contributed by atoms with E-state index in [0.717, 1.165) is 36.8 Å². The van der Waals surface area contributed by atoms with Crippen molar-refractivity contribution in [1.82, 2.24) is 0 Å². The van der Waals surface area contributed by atoms with Crippen LogP contribution in [0.1, 0.15) is 70.9 Å². The van der Waals surface area contributed by atoms with Gasteiger partial charge in [0.05, 0.1) is 11.2 Å². The van der Waals surface area contributed by atoms with Crippen molar-refractivity contribution in [3.63, 3.8) is 0 Å². The predicted octanol–water partition coefficient (Wildman–Crippen LogP) is 3.96. The molecular weight excluding hydrogens is 316 g/mol. The summed E-state index contributed by atoms with van der Waals surface area (Å²) in [5, 5.41) is 32.0. The topological polar surface area (TPSA) is 69.9 Å². The highest BCUT2D eigenvalue weighted by molar-refractivity contribution is 5.84.